The molecule has 0 bridgehead atoms. The predicted molar refractivity (Wildman–Crippen MR) is 84.4 cm³/mol. The first kappa shape index (κ1) is 13.7. The Hall–Kier alpha value is -2.24. The van der Waals surface area contributed by atoms with Gasteiger partial charge in [0.05, 0.1) is 15.7 Å². The predicted octanol–water partition coefficient (Wildman–Crippen LogP) is 2.92. The quantitative estimate of drug-likeness (QED) is 0.776. The molecule has 0 radical (unpaired) electrons. The first-order chi connectivity index (χ1) is 10.1. The summed E-state index contributed by atoms with van der Waals surface area (Å²) < 4.78 is 1.16. The first-order valence-electron chi connectivity index (χ1n) is 6.54. The Kier molecular flexibility index (Phi) is 3.68. The van der Waals surface area contributed by atoms with E-state index in [1.165, 1.54) is 0 Å². The number of aromatic nitrogens is 1. The van der Waals surface area contributed by atoms with Crippen molar-refractivity contribution in [1.82, 2.24) is 4.98 Å². The highest BCUT2D eigenvalue weighted by Gasteiger charge is 2.12. The van der Waals surface area contributed by atoms with Crippen LogP contribution < -0.4 is 5.73 Å². The highest BCUT2D eigenvalue weighted by molar-refractivity contribution is 7.16. The lowest BCUT2D eigenvalue weighted by Crippen LogP contribution is -2.32. The average molecular weight is 298 g/mol. The van der Waals surface area contributed by atoms with Gasteiger partial charge in [-0.05, 0) is 35.2 Å². The molecule has 0 saturated heterocycles. The van der Waals surface area contributed by atoms with Crippen LogP contribution in [0.25, 0.3) is 21.3 Å². The van der Waals surface area contributed by atoms with Gasteiger partial charge in [0.2, 0.25) is 0 Å². The largest absolute Gasteiger partial charge is 0.480 e. The minimum Gasteiger partial charge on any atom is -0.480 e. The summed E-state index contributed by atoms with van der Waals surface area (Å²) in [5.74, 6) is -0.982. The van der Waals surface area contributed by atoms with E-state index < -0.39 is 12.0 Å². The van der Waals surface area contributed by atoms with Crippen molar-refractivity contribution in [3.63, 3.8) is 0 Å². The van der Waals surface area contributed by atoms with E-state index in [0.29, 0.717) is 6.42 Å². The number of aliphatic carboxylic acids is 1. The van der Waals surface area contributed by atoms with E-state index in [4.69, 9.17) is 10.8 Å². The zero-order chi connectivity index (χ0) is 14.8. The molecule has 4 nitrogen and oxygen atoms in total. The van der Waals surface area contributed by atoms with Crippen molar-refractivity contribution in [1.29, 1.82) is 0 Å². The van der Waals surface area contributed by atoms with E-state index in [2.05, 4.69) is 17.1 Å². The topological polar surface area (TPSA) is 76.2 Å². The molecule has 3 rings (SSSR count). The van der Waals surface area contributed by atoms with Crippen LogP contribution >= 0.6 is 11.3 Å². The minimum atomic E-state index is -0.982. The SMILES string of the molecule is NC(Cc1cccc(-c2ccc3scnc3c2)c1)C(=O)O. The molecule has 0 spiro atoms. The Morgan fingerprint density at radius 1 is 1.24 bits per heavy atom. The lowest BCUT2D eigenvalue weighted by molar-refractivity contribution is -0.138. The summed E-state index contributed by atoms with van der Waals surface area (Å²) >= 11 is 1.61. The maximum atomic E-state index is 10.8. The molecular weight excluding hydrogens is 284 g/mol. The molecule has 21 heavy (non-hydrogen) atoms. The molecule has 0 amide bonds. The maximum Gasteiger partial charge on any atom is 0.320 e. The van der Waals surface area contributed by atoms with Gasteiger partial charge < -0.3 is 10.8 Å². The highest BCUT2D eigenvalue weighted by atomic mass is 32.1. The zero-order valence-corrected chi connectivity index (χ0v) is 12.0. The summed E-state index contributed by atoms with van der Waals surface area (Å²) in [5.41, 5.74) is 11.4. The van der Waals surface area contributed by atoms with Gasteiger partial charge >= 0.3 is 5.97 Å². The number of hydrogen-bond donors (Lipinski definition) is 2. The van der Waals surface area contributed by atoms with Gasteiger partial charge in [-0.3, -0.25) is 4.79 Å². The number of hydrogen-bond acceptors (Lipinski definition) is 4. The number of nitrogens with two attached hydrogens (primary N) is 1. The minimum absolute atomic E-state index is 0.322. The van der Waals surface area contributed by atoms with Crippen LogP contribution in [0, 0.1) is 0 Å². The van der Waals surface area contributed by atoms with E-state index in [9.17, 15) is 4.79 Å². The second-order valence-corrected chi connectivity index (χ2v) is 5.77. The normalized spacial score (nSPS) is 12.4. The molecule has 3 N–H and O–H groups in total. The van der Waals surface area contributed by atoms with Crippen LogP contribution in [0.5, 0.6) is 0 Å². The second kappa shape index (κ2) is 5.63. The lowest BCUT2D eigenvalue weighted by atomic mass is 9.99. The fraction of sp³-hybridized carbons (Fsp3) is 0.125. The molecular formula is C16H14N2O2S. The van der Waals surface area contributed by atoms with Crippen LogP contribution in [0.3, 0.4) is 0 Å². The van der Waals surface area contributed by atoms with Crippen LogP contribution in [-0.2, 0) is 11.2 Å². The second-order valence-electron chi connectivity index (χ2n) is 4.88. The van der Waals surface area contributed by atoms with Crippen molar-refractivity contribution < 1.29 is 9.90 Å². The molecule has 5 heteroatoms. The molecule has 1 atom stereocenters. The van der Waals surface area contributed by atoms with Gasteiger partial charge in [-0.1, -0.05) is 30.3 Å². The smallest absolute Gasteiger partial charge is 0.320 e. The fourth-order valence-corrected chi connectivity index (χ4v) is 2.92. The Morgan fingerprint density at radius 2 is 2.05 bits per heavy atom. The Labute approximate surface area is 125 Å². The number of carbonyl (C=O) groups is 1. The molecule has 1 heterocycles. The number of carboxylic acids is 1. The van der Waals surface area contributed by atoms with Gasteiger partial charge in [-0.15, -0.1) is 11.3 Å². The molecule has 3 aromatic rings. The molecule has 0 aliphatic heterocycles. The van der Waals surface area contributed by atoms with Crippen LogP contribution in [0.1, 0.15) is 5.56 Å². The third-order valence-corrected chi connectivity index (χ3v) is 4.17. The van der Waals surface area contributed by atoms with E-state index in [1.807, 2.05) is 35.8 Å². The monoisotopic (exact) mass is 298 g/mol. The summed E-state index contributed by atoms with van der Waals surface area (Å²) in [7, 11) is 0. The first-order valence-corrected chi connectivity index (χ1v) is 7.42. The average Bonchev–Trinajstić information content (AvgIpc) is 2.94. The Balaban J connectivity index is 1.93. The van der Waals surface area contributed by atoms with Crippen molar-refractivity contribution in [3.8, 4) is 11.1 Å². The third kappa shape index (κ3) is 2.94. The highest BCUT2D eigenvalue weighted by Crippen LogP contribution is 2.26. The van der Waals surface area contributed by atoms with Crippen molar-refractivity contribution in [2.45, 2.75) is 12.5 Å². The van der Waals surface area contributed by atoms with E-state index >= 15 is 0 Å². The molecule has 1 unspecified atom stereocenters. The van der Waals surface area contributed by atoms with Crippen LogP contribution in [-0.4, -0.2) is 22.1 Å². The number of fused-ring (bicyclic) bond motifs is 1. The Morgan fingerprint density at radius 3 is 2.86 bits per heavy atom. The third-order valence-electron chi connectivity index (χ3n) is 3.36. The molecule has 106 valence electrons. The lowest BCUT2D eigenvalue weighted by Gasteiger charge is -2.08. The summed E-state index contributed by atoms with van der Waals surface area (Å²) in [6, 6.07) is 13.1. The van der Waals surface area contributed by atoms with Gasteiger partial charge in [0.1, 0.15) is 6.04 Å². The molecule has 0 saturated carbocycles. The standard InChI is InChI=1S/C16H14N2O2S/c17-13(16(19)20)7-10-2-1-3-11(6-10)12-4-5-15-14(8-12)18-9-21-15/h1-6,8-9,13H,7,17H2,(H,19,20). The van der Waals surface area contributed by atoms with Gasteiger partial charge in [0.25, 0.3) is 0 Å². The number of carboxylic acid groups (broad SMARTS) is 1. The number of rotatable bonds is 4. The fourth-order valence-electron chi connectivity index (χ4n) is 2.26. The number of benzene rings is 2. The van der Waals surface area contributed by atoms with E-state index in [-0.39, 0.29) is 0 Å². The summed E-state index contributed by atoms with van der Waals surface area (Å²) in [6.45, 7) is 0. The maximum absolute atomic E-state index is 10.8. The summed E-state index contributed by atoms with van der Waals surface area (Å²) in [5, 5.41) is 8.89. The van der Waals surface area contributed by atoms with Crippen LogP contribution in [0.15, 0.2) is 48.0 Å². The van der Waals surface area contributed by atoms with Gasteiger partial charge in [0.15, 0.2) is 0 Å². The summed E-state index contributed by atoms with van der Waals surface area (Å²) in [6.07, 6.45) is 0.322. The summed E-state index contributed by atoms with van der Waals surface area (Å²) in [4.78, 5) is 15.2. The molecule has 0 aliphatic carbocycles. The van der Waals surface area contributed by atoms with E-state index in [0.717, 1.165) is 26.9 Å². The van der Waals surface area contributed by atoms with Gasteiger partial charge in [-0.2, -0.15) is 0 Å². The van der Waals surface area contributed by atoms with Crippen molar-refractivity contribution in [2.24, 2.45) is 5.73 Å². The molecule has 0 aliphatic rings. The van der Waals surface area contributed by atoms with Crippen LogP contribution in [0.2, 0.25) is 0 Å². The number of thiazole rings is 1. The van der Waals surface area contributed by atoms with Crippen molar-refractivity contribution in [2.75, 3.05) is 0 Å². The van der Waals surface area contributed by atoms with E-state index in [1.54, 1.807) is 11.3 Å². The van der Waals surface area contributed by atoms with Gasteiger partial charge in [0, 0.05) is 0 Å². The molecule has 1 aromatic heterocycles. The van der Waals surface area contributed by atoms with Gasteiger partial charge in [-0.25, -0.2) is 4.98 Å². The van der Waals surface area contributed by atoms with Crippen molar-refractivity contribution >= 4 is 27.5 Å². The zero-order valence-electron chi connectivity index (χ0n) is 11.2. The molecule has 0 fully saturated rings. The Bertz CT molecular complexity index is 798. The number of nitrogens with zero attached hydrogens (tertiary/aromatic N) is 1. The molecule has 2 aromatic carbocycles. The van der Waals surface area contributed by atoms with Crippen molar-refractivity contribution in [3.05, 3.63) is 53.5 Å². The van der Waals surface area contributed by atoms with Crippen LogP contribution in [0.4, 0.5) is 0 Å².